The summed E-state index contributed by atoms with van der Waals surface area (Å²) in [5.41, 5.74) is 11.3. The molecule has 4 atom stereocenters. The fourth-order valence-corrected chi connectivity index (χ4v) is 3.62. The number of anilines is 2. The van der Waals surface area contributed by atoms with Crippen molar-refractivity contribution in [3.05, 3.63) is 6.07 Å². The highest BCUT2D eigenvalue weighted by Gasteiger charge is 2.29. The highest BCUT2D eigenvalue weighted by atomic mass is 32.2. The number of amides is 1. The van der Waals surface area contributed by atoms with Gasteiger partial charge in [-0.05, 0) is 25.2 Å². The molecule has 1 aliphatic carbocycles. The molecule has 7 heteroatoms. The van der Waals surface area contributed by atoms with Crippen molar-refractivity contribution >= 4 is 29.3 Å². The summed E-state index contributed by atoms with van der Waals surface area (Å²) in [6.07, 6.45) is 3.47. The maximum absolute atomic E-state index is 12.4. The van der Waals surface area contributed by atoms with E-state index in [4.69, 9.17) is 11.5 Å². The number of thioether (sulfide) groups is 1. The van der Waals surface area contributed by atoms with Gasteiger partial charge in [0.15, 0.2) is 5.16 Å². The molecule has 22 heavy (non-hydrogen) atoms. The first-order valence-electron chi connectivity index (χ1n) is 7.74. The van der Waals surface area contributed by atoms with Gasteiger partial charge in [-0.25, -0.2) is 9.97 Å². The van der Waals surface area contributed by atoms with Gasteiger partial charge in [0, 0.05) is 12.1 Å². The van der Waals surface area contributed by atoms with Gasteiger partial charge in [0.05, 0.1) is 5.25 Å². The standard InChI is InChI=1S/C15H25N5OS/c1-8-5-4-6-11(9(8)2)18-14(21)10(3)22-15-19-12(16)7-13(17)20-15/h7-11H,4-6H2,1-3H3,(H,18,21)(H4,16,17,19,20)/t8-,9+,10+,11+/m0/s1. The molecule has 0 aliphatic heterocycles. The summed E-state index contributed by atoms with van der Waals surface area (Å²) in [6.45, 7) is 6.32. The Morgan fingerprint density at radius 3 is 2.59 bits per heavy atom. The van der Waals surface area contributed by atoms with Gasteiger partial charge in [0.2, 0.25) is 5.91 Å². The van der Waals surface area contributed by atoms with Crippen molar-refractivity contribution in [2.45, 2.75) is 56.5 Å². The Kier molecular flexibility index (Phi) is 5.50. The monoisotopic (exact) mass is 323 g/mol. The van der Waals surface area contributed by atoms with Crippen LogP contribution in [0.15, 0.2) is 11.2 Å². The number of carbonyl (C=O) groups is 1. The molecule has 2 rings (SSSR count). The lowest BCUT2D eigenvalue weighted by atomic mass is 9.78. The van der Waals surface area contributed by atoms with Crippen molar-refractivity contribution in [3.63, 3.8) is 0 Å². The molecule has 1 aliphatic rings. The predicted octanol–water partition coefficient (Wildman–Crippen LogP) is 2.06. The fourth-order valence-electron chi connectivity index (χ4n) is 2.81. The first-order chi connectivity index (χ1) is 10.4. The van der Waals surface area contributed by atoms with Gasteiger partial charge < -0.3 is 16.8 Å². The normalized spacial score (nSPS) is 26.4. The van der Waals surface area contributed by atoms with E-state index in [0.29, 0.717) is 28.6 Å². The fraction of sp³-hybridized carbons (Fsp3) is 0.667. The Morgan fingerprint density at radius 2 is 1.95 bits per heavy atom. The number of rotatable bonds is 4. The highest BCUT2D eigenvalue weighted by Crippen LogP contribution is 2.30. The van der Waals surface area contributed by atoms with Crippen LogP contribution >= 0.6 is 11.8 Å². The molecule has 0 saturated heterocycles. The summed E-state index contributed by atoms with van der Waals surface area (Å²) in [4.78, 5) is 20.6. The molecule has 1 amide bonds. The molecule has 1 fully saturated rings. The van der Waals surface area contributed by atoms with Crippen LogP contribution in [0.1, 0.15) is 40.0 Å². The maximum Gasteiger partial charge on any atom is 0.233 e. The number of carbonyl (C=O) groups excluding carboxylic acids is 1. The maximum atomic E-state index is 12.4. The zero-order valence-corrected chi connectivity index (χ0v) is 14.2. The number of nitrogen functional groups attached to an aromatic ring is 2. The topological polar surface area (TPSA) is 107 Å². The van der Waals surface area contributed by atoms with E-state index in [1.807, 2.05) is 6.92 Å². The molecule has 1 aromatic heterocycles. The van der Waals surface area contributed by atoms with Crippen molar-refractivity contribution in [1.29, 1.82) is 0 Å². The van der Waals surface area contributed by atoms with Gasteiger partial charge in [0.25, 0.3) is 0 Å². The Balaban J connectivity index is 1.94. The van der Waals surface area contributed by atoms with E-state index in [-0.39, 0.29) is 17.2 Å². The summed E-state index contributed by atoms with van der Waals surface area (Å²) in [7, 11) is 0. The van der Waals surface area contributed by atoms with Crippen LogP contribution in [-0.4, -0.2) is 27.2 Å². The number of hydrogen-bond donors (Lipinski definition) is 3. The van der Waals surface area contributed by atoms with Crippen molar-refractivity contribution in [1.82, 2.24) is 15.3 Å². The van der Waals surface area contributed by atoms with E-state index in [9.17, 15) is 4.79 Å². The number of aromatic nitrogens is 2. The van der Waals surface area contributed by atoms with Gasteiger partial charge in [-0.15, -0.1) is 0 Å². The van der Waals surface area contributed by atoms with E-state index in [0.717, 1.165) is 6.42 Å². The van der Waals surface area contributed by atoms with Gasteiger partial charge in [-0.2, -0.15) is 0 Å². The third-order valence-corrected chi connectivity index (χ3v) is 5.39. The number of nitrogens with one attached hydrogen (secondary N) is 1. The first-order valence-corrected chi connectivity index (χ1v) is 8.62. The van der Waals surface area contributed by atoms with Gasteiger partial charge >= 0.3 is 0 Å². The van der Waals surface area contributed by atoms with E-state index in [2.05, 4.69) is 29.1 Å². The second-order valence-electron chi connectivity index (χ2n) is 6.14. The minimum absolute atomic E-state index is 0.0144. The zero-order valence-electron chi connectivity index (χ0n) is 13.4. The van der Waals surface area contributed by atoms with Gasteiger partial charge in [0.1, 0.15) is 11.6 Å². The largest absolute Gasteiger partial charge is 0.383 e. The molecule has 0 bridgehead atoms. The summed E-state index contributed by atoms with van der Waals surface area (Å²) < 4.78 is 0. The molecule has 5 N–H and O–H groups in total. The second kappa shape index (κ2) is 7.17. The lowest BCUT2D eigenvalue weighted by molar-refractivity contribution is -0.121. The molecule has 6 nitrogen and oxygen atoms in total. The van der Waals surface area contributed by atoms with E-state index in [1.54, 1.807) is 0 Å². The molecule has 1 aromatic rings. The molecule has 0 spiro atoms. The van der Waals surface area contributed by atoms with E-state index >= 15 is 0 Å². The Labute approximate surface area is 135 Å². The summed E-state index contributed by atoms with van der Waals surface area (Å²) in [6, 6.07) is 1.76. The minimum atomic E-state index is -0.286. The molecule has 0 unspecified atom stereocenters. The van der Waals surface area contributed by atoms with Crippen LogP contribution in [0.3, 0.4) is 0 Å². The molecule has 0 radical (unpaired) electrons. The summed E-state index contributed by atoms with van der Waals surface area (Å²) in [5, 5.41) is 3.32. The van der Waals surface area contributed by atoms with Crippen LogP contribution in [0.5, 0.6) is 0 Å². The third kappa shape index (κ3) is 4.25. The van der Waals surface area contributed by atoms with Crippen LogP contribution in [0.25, 0.3) is 0 Å². The van der Waals surface area contributed by atoms with Crippen LogP contribution in [0.2, 0.25) is 0 Å². The van der Waals surface area contributed by atoms with E-state index in [1.165, 1.54) is 30.7 Å². The average molecular weight is 323 g/mol. The van der Waals surface area contributed by atoms with Crippen molar-refractivity contribution in [2.24, 2.45) is 11.8 Å². The molecular formula is C15H25N5OS. The number of nitrogens with zero attached hydrogens (tertiary/aromatic N) is 2. The molecular weight excluding hydrogens is 298 g/mol. The quantitative estimate of drug-likeness (QED) is 0.578. The minimum Gasteiger partial charge on any atom is -0.383 e. The van der Waals surface area contributed by atoms with Crippen LogP contribution in [0.4, 0.5) is 11.6 Å². The zero-order chi connectivity index (χ0) is 16.3. The SMILES string of the molecule is C[C@@H]1[C@@H](C)CCC[C@H]1NC(=O)[C@@H](C)Sc1nc(N)cc(N)n1. The Bertz CT molecular complexity index is 518. The highest BCUT2D eigenvalue weighted by molar-refractivity contribution is 8.00. The van der Waals surface area contributed by atoms with Crippen LogP contribution < -0.4 is 16.8 Å². The molecule has 1 heterocycles. The predicted molar refractivity (Wildman–Crippen MR) is 90.3 cm³/mol. The van der Waals surface area contributed by atoms with Gasteiger partial charge in [-0.3, -0.25) is 4.79 Å². The van der Waals surface area contributed by atoms with Crippen molar-refractivity contribution in [2.75, 3.05) is 11.5 Å². The third-order valence-electron chi connectivity index (χ3n) is 4.43. The molecule has 122 valence electrons. The average Bonchev–Trinajstić information content (AvgIpc) is 2.42. The lowest BCUT2D eigenvalue weighted by Gasteiger charge is -2.35. The Morgan fingerprint density at radius 1 is 1.32 bits per heavy atom. The summed E-state index contributed by atoms with van der Waals surface area (Å²) >= 11 is 1.28. The van der Waals surface area contributed by atoms with E-state index < -0.39 is 0 Å². The first kappa shape index (κ1) is 16.9. The van der Waals surface area contributed by atoms with Gasteiger partial charge in [-0.1, -0.05) is 38.5 Å². The smallest absolute Gasteiger partial charge is 0.233 e. The number of hydrogen-bond acceptors (Lipinski definition) is 6. The molecule has 1 saturated carbocycles. The Hall–Kier alpha value is -1.50. The number of nitrogens with two attached hydrogens (primary N) is 2. The lowest BCUT2D eigenvalue weighted by Crippen LogP contribution is -2.46. The van der Waals surface area contributed by atoms with Crippen LogP contribution in [-0.2, 0) is 4.79 Å². The van der Waals surface area contributed by atoms with Crippen LogP contribution in [0, 0.1) is 11.8 Å². The summed E-state index contributed by atoms with van der Waals surface area (Å²) in [5.74, 6) is 1.81. The second-order valence-corrected chi connectivity index (χ2v) is 7.45. The van der Waals surface area contributed by atoms with Crippen molar-refractivity contribution in [3.8, 4) is 0 Å². The molecule has 0 aromatic carbocycles. The van der Waals surface area contributed by atoms with Crippen molar-refractivity contribution < 1.29 is 4.79 Å².